The Bertz CT molecular complexity index is 614. The van der Waals surface area contributed by atoms with Crippen LogP contribution in [0, 0.1) is 0 Å². The summed E-state index contributed by atoms with van der Waals surface area (Å²) in [6.07, 6.45) is 3.53. The zero-order valence-corrected chi connectivity index (χ0v) is 13.9. The van der Waals surface area contributed by atoms with Crippen LogP contribution in [0.25, 0.3) is 0 Å². The molecule has 2 aromatic rings. The Morgan fingerprint density at radius 1 is 1.40 bits per heavy atom. The maximum atomic E-state index is 5.82. The van der Waals surface area contributed by atoms with Crippen molar-refractivity contribution >= 4 is 56.7 Å². The molecule has 0 bridgehead atoms. The fourth-order valence-corrected chi connectivity index (χ4v) is 2.41. The summed E-state index contributed by atoms with van der Waals surface area (Å²) in [5.41, 5.74) is 1.67. The summed E-state index contributed by atoms with van der Waals surface area (Å²) < 4.78 is 9.25. The highest BCUT2D eigenvalue weighted by molar-refractivity contribution is 9.10. The summed E-state index contributed by atoms with van der Waals surface area (Å²) in [7, 11) is 1.63. The van der Waals surface area contributed by atoms with Crippen molar-refractivity contribution in [1.29, 1.82) is 0 Å². The standard InChI is InChI=1S/C12H12BrClN4OS/c1-19-9-5-3-4-8(10(9)18-20-2)16-11-7(13)6-15-12(14)17-11/h3-6,18H,1-2H3,(H,15,16,17). The van der Waals surface area contributed by atoms with Gasteiger partial charge in [-0.05, 0) is 39.7 Å². The monoisotopic (exact) mass is 374 g/mol. The maximum absolute atomic E-state index is 5.82. The summed E-state index contributed by atoms with van der Waals surface area (Å²) in [5, 5.41) is 3.38. The van der Waals surface area contributed by atoms with Crippen LogP contribution >= 0.6 is 39.5 Å². The van der Waals surface area contributed by atoms with Crippen molar-refractivity contribution in [2.45, 2.75) is 0 Å². The summed E-state index contributed by atoms with van der Waals surface area (Å²) >= 11 is 10.7. The second-order valence-corrected chi connectivity index (χ2v) is 5.45. The lowest BCUT2D eigenvalue weighted by Gasteiger charge is -2.15. The van der Waals surface area contributed by atoms with Crippen LogP contribution in [-0.4, -0.2) is 23.3 Å². The maximum Gasteiger partial charge on any atom is 0.224 e. The minimum Gasteiger partial charge on any atom is -0.494 e. The summed E-state index contributed by atoms with van der Waals surface area (Å²) in [6, 6.07) is 5.69. The van der Waals surface area contributed by atoms with Gasteiger partial charge in [-0.3, -0.25) is 0 Å². The van der Waals surface area contributed by atoms with E-state index in [9.17, 15) is 0 Å². The number of ether oxygens (including phenoxy) is 1. The molecule has 1 aromatic heterocycles. The number of para-hydroxylation sites is 1. The molecular weight excluding hydrogens is 364 g/mol. The smallest absolute Gasteiger partial charge is 0.224 e. The molecule has 106 valence electrons. The van der Waals surface area contributed by atoms with Crippen LogP contribution in [-0.2, 0) is 0 Å². The van der Waals surface area contributed by atoms with Gasteiger partial charge in [0.2, 0.25) is 5.28 Å². The Kier molecular flexibility index (Phi) is 5.33. The minimum absolute atomic E-state index is 0.179. The fourth-order valence-electron chi connectivity index (χ4n) is 1.57. The average Bonchev–Trinajstić information content (AvgIpc) is 2.45. The molecular formula is C12H12BrClN4OS. The Morgan fingerprint density at radius 2 is 2.20 bits per heavy atom. The molecule has 2 N–H and O–H groups in total. The Labute approximate surface area is 134 Å². The quantitative estimate of drug-likeness (QED) is 0.599. The highest BCUT2D eigenvalue weighted by Crippen LogP contribution is 2.36. The molecule has 0 amide bonds. The van der Waals surface area contributed by atoms with Crippen LogP contribution in [0.2, 0.25) is 5.28 Å². The number of aromatic nitrogens is 2. The Hall–Kier alpha value is -1.18. The van der Waals surface area contributed by atoms with Crippen LogP contribution in [0.15, 0.2) is 28.9 Å². The molecule has 5 nitrogen and oxygen atoms in total. The predicted octanol–water partition coefficient (Wildman–Crippen LogP) is 4.33. The fraction of sp³-hybridized carbons (Fsp3) is 0.167. The van der Waals surface area contributed by atoms with Gasteiger partial charge in [-0.1, -0.05) is 18.0 Å². The number of methoxy groups -OCH3 is 1. The molecule has 20 heavy (non-hydrogen) atoms. The SMILES string of the molecule is COc1cccc(Nc2nc(Cl)ncc2Br)c1NSC. The van der Waals surface area contributed by atoms with Gasteiger partial charge in [-0.2, -0.15) is 4.98 Å². The number of anilines is 3. The van der Waals surface area contributed by atoms with E-state index in [-0.39, 0.29) is 5.28 Å². The second-order valence-electron chi connectivity index (χ2n) is 3.65. The average molecular weight is 376 g/mol. The number of hydrogen-bond donors (Lipinski definition) is 2. The van der Waals surface area contributed by atoms with Crippen LogP contribution in [0.4, 0.5) is 17.2 Å². The van der Waals surface area contributed by atoms with Gasteiger partial charge < -0.3 is 14.8 Å². The van der Waals surface area contributed by atoms with Gasteiger partial charge in [0.05, 0.1) is 17.3 Å². The van der Waals surface area contributed by atoms with Crippen molar-refractivity contribution in [3.05, 3.63) is 34.2 Å². The van der Waals surface area contributed by atoms with E-state index in [0.717, 1.165) is 21.6 Å². The van der Waals surface area contributed by atoms with Crippen molar-refractivity contribution in [1.82, 2.24) is 9.97 Å². The van der Waals surface area contributed by atoms with Crippen molar-refractivity contribution in [3.63, 3.8) is 0 Å². The molecule has 0 spiro atoms. The highest BCUT2D eigenvalue weighted by Gasteiger charge is 2.11. The van der Waals surface area contributed by atoms with Gasteiger partial charge in [0, 0.05) is 12.5 Å². The van der Waals surface area contributed by atoms with Crippen molar-refractivity contribution in [2.24, 2.45) is 0 Å². The number of rotatable bonds is 5. The van der Waals surface area contributed by atoms with Crippen molar-refractivity contribution in [2.75, 3.05) is 23.4 Å². The van der Waals surface area contributed by atoms with Gasteiger partial charge in [-0.15, -0.1) is 0 Å². The molecule has 0 fully saturated rings. The van der Waals surface area contributed by atoms with Gasteiger partial charge in [0.1, 0.15) is 17.3 Å². The normalized spacial score (nSPS) is 10.2. The third-order valence-electron chi connectivity index (χ3n) is 2.42. The molecule has 0 atom stereocenters. The van der Waals surface area contributed by atoms with Crippen LogP contribution in [0.1, 0.15) is 0 Å². The van der Waals surface area contributed by atoms with E-state index >= 15 is 0 Å². The molecule has 1 aromatic carbocycles. The molecule has 0 aliphatic rings. The van der Waals surface area contributed by atoms with Crippen molar-refractivity contribution < 1.29 is 4.74 Å². The number of hydrogen-bond acceptors (Lipinski definition) is 6. The van der Waals surface area contributed by atoms with Crippen LogP contribution in [0.5, 0.6) is 5.75 Å². The van der Waals surface area contributed by atoms with E-state index < -0.39 is 0 Å². The summed E-state index contributed by atoms with van der Waals surface area (Å²) in [6.45, 7) is 0. The molecule has 0 aliphatic heterocycles. The van der Waals surface area contributed by atoms with Gasteiger partial charge in [-0.25, -0.2) is 4.98 Å². The first-order valence-corrected chi connectivity index (χ1v) is 7.96. The van der Waals surface area contributed by atoms with Gasteiger partial charge in [0.15, 0.2) is 0 Å². The van der Waals surface area contributed by atoms with Gasteiger partial charge in [0.25, 0.3) is 0 Å². The summed E-state index contributed by atoms with van der Waals surface area (Å²) in [4.78, 5) is 8.04. The van der Waals surface area contributed by atoms with Gasteiger partial charge >= 0.3 is 0 Å². The highest BCUT2D eigenvalue weighted by atomic mass is 79.9. The lowest BCUT2D eigenvalue weighted by molar-refractivity contribution is 0.417. The Balaban J connectivity index is 2.39. The first-order valence-electron chi connectivity index (χ1n) is 5.56. The van der Waals surface area contributed by atoms with E-state index in [2.05, 4.69) is 35.9 Å². The summed E-state index contributed by atoms with van der Waals surface area (Å²) in [5.74, 6) is 1.32. The topological polar surface area (TPSA) is 59.1 Å². The lowest BCUT2D eigenvalue weighted by Crippen LogP contribution is -2.01. The molecule has 2 rings (SSSR count). The minimum atomic E-state index is 0.179. The first-order chi connectivity index (χ1) is 9.65. The molecule has 0 aliphatic carbocycles. The number of halogens is 2. The first kappa shape index (κ1) is 15.2. The third-order valence-corrected chi connectivity index (χ3v) is 3.59. The van der Waals surface area contributed by atoms with Crippen molar-refractivity contribution in [3.8, 4) is 5.75 Å². The zero-order valence-electron chi connectivity index (χ0n) is 10.8. The number of nitrogens with zero attached hydrogens (tertiary/aromatic N) is 2. The van der Waals surface area contributed by atoms with E-state index in [1.807, 2.05) is 24.5 Å². The molecule has 1 heterocycles. The van der Waals surface area contributed by atoms with Crippen LogP contribution < -0.4 is 14.8 Å². The zero-order chi connectivity index (χ0) is 14.5. The Morgan fingerprint density at radius 3 is 2.90 bits per heavy atom. The molecule has 0 unspecified atom stereocenters. The predicted molar refractivity (Wildman–Crippen MR) is 88.2 cm³/mol. The molecule has 8 heteroatoms. The molecule has 0 saturated heterocycles. The van der Waals surface area contributed by atoms with Crippen LogP contribution in [0.3, 0.4) is 0 Å². The van der Waals surface area contributed by atoms with E-state index in [0.29, 0.717) is 5.82 Å². The van der Waals surface area contributed by atoms with E-state index in [1.54, 1.807) is 13.3 Å². The molecule has 0 radical (unpaired) electrons. The number of nitrogens with one attached hydrogen (secondary N) is 2. The van der Waals surface area contributed by atoms with E-state index in [4.69, 9.17) is 16.3 Å². The number of benzene rings is 1. The van der Waals surface area contributed by atoms with E-state index in [1.165, 1.54) is 11.9 Å². The lowest BCUT2D eigenvalue weighted by atomic mass is 10.2. The third kappa shape index (κ3) is 3.47. The molecule has 0 saturated carbocycles. The largest absolute Gasteiger partial charge is 0.494 e. The second kappa shape index (κ2) is 7.01.